The minimum absolute atomic E-state index is 0.299. The van der Waals surface area contributed by atoms with E-state index in [9.17, 15) is 4.39 Å². The molecular formula is C15H8FN. The lowest BCUT2D eigenvalue weighted by molar-refractivity contribution is 0.624. The molecule has 2 aromatic rings. The summed E-state index contributed by atoms with van der Waals surface area (Å²) >= 11 is 0. The molecule has 2 heteroatoms. The van der Waals surface area contributed by atoms with E-state index in [0.29, 0.717) is 11.1 Å². The highest BCUT2D eigenvalue weighted by atomic mass is 19.1. The third-order valence-corrected chi connectivity index (χ3v) is 2.21. The summed E-state index contributed by atoms with van der Waals surface area (Å²) < 4.78 is 13.5. The van der Waals surface area contributed by atoms with Crippen LogP contribution in [-0.2, 0) is 0 Å². The molecule has 0 fully saturated rings. The zero-order valence-electron chi connectivity index (χ0n) is 8.94. The van der Waals surface area contributed by atoms with Gasteiger partial charge in [-0.1, -0.05) is 30.0 Å². The molecule has 2 aromatic carbocycles. The van der Waals surface area contributed by atoms with E-state index in [1.807, 2.05) is 36.4 Å². The van der Waals surface area contributed by atoms with Crippen molar-refractivity contribution < 1.29 is 4.39 Å². The molecule has 1 nitrogen and oxygen atoms in total. The predicted octanol–water partition coefficient (Wildman–Crippen LogP) is 3.10. The topological polar surface area (TPSA) is 23.8 Å². The summed E-state index contributed by atoms with van der Waals surface area (Å²) in [6.45, 7) is 0. The first-order valence-electron chi connectivity index (χ1n) is 5.06. The molecular weight excluding hydrogens is 213 g/mol. The molecule has 0 spiro atoms. The molecule has 0 heterocycles. The summed E-state index contributed by atoms with van der Waals surface area (Å²) in [5.74, 6) is 5.15. The summed E-state index contributed by atoms with van der Waals surface area (Å²) in [5.41, 5.74) is 1.43. The third kappa shape index (κ3) is 2.71. The van der Waals surface area contributed by atoms with Crippen LogP contribution in [0.15, 0.2) is 48.5 Å². The average Bonchev–Trinajstić information content (AvgIpc) is 2.38. The second-order valence-electron chi connectivity index (χ2n) is 3.42. The predicted molar refractivity (Wildman–Crippen MR) is 63.5 cm³/mol. The Kier molecular flexibility index (Phi) is 3.19. The van der Waals surface area contributed by atoms with Gasteiger partial charge in [-0.25, -0.2) is 4.39 Å². The van der Waals surface area contributed by atoms with Gasteiger partial charge in [0.2, 0.25) is 0 Å². The number of halogens is 1. The van der Waals surface area contributed by atoms with Crippen LogP contribution in [0.1, 0.15) is 16.7 Å². The number of benzene rings is 2. The maximum absolute atomic E-state index is 13.5. The molecule has 2 rings (SSSR count). The molecule has 80 valence electrons. The quantitative estimate of drug-likeness (QED) is 0.627. The SMILES string of the molecule is N#Cc1ccc(C#Cc2ccccc2)c(F)c1. The maximum Gasteiger partial charge on any atom is 0.140 e. The van der Waals surface area contributed by atoms with Gasteiger partial charge in [0.05, 0.1) is 17.2 Å². The van der Waals surface area contributed by atoms with E-state index in [1.165, 1.54) is 12.1 Å². The summed E-state index contributed by atoms with van der Waals surface area (Å²) in [4.78, 5) is 0. The van der Waals surface area contributed by atoms with Gasteiger partial charge in [-0.15, -0.1) is 0 Å². The second-order valence-corrected chi connectivity index (χ2v) is 3.42. The van der Waals surface area contributed by atoms with Crippen molar-refractivity contribution >= 4 is 0 Å². The zero-order chi connectivity index (χ0) is 12.1. The van der Waals surface area contributed by atoms with Crippen LogP contribution < -0.4 is 0 Å². The lowest BCUT2D eigenvalue weighted by atomic mass is 10.1. The molecule has 0 radical (unpaired) electrons. The van der Waals surface area contributed by atoms with E-state index >= 15 is 0 Å². The standard InChI is InChI=1S/C15H8FN/c16-15-10-13(11-17)7-9-14(15)8-6-12-4-2-1-3-5-12/h1-5,7,9-10H. The molecule has 0 aliphatic carbocycles. The van der Waals surface area contributed by atoms with E-state index in [1.54, 1.807) is 6.07 Å². The van der Waals surface area contributed by atoms with E-state index in [-0.39, 0.29) is 0 Å². The number of hydrogen-bond donors (Lipinski definition) is 0. The molecule has 0 aliphatic heterocycles. The maximum atomic E-state index is 13.5. The number of nitriles is 1. The lowest BCUT2D eigenvalue weighted by Gasteiger charge is -1.94. The summed E-state index contributed by atoms with van der Waals surface area (Å²) in [5, 5.41) is 8.61. The van der Waals surface area contributed by atoms with Crippen LogP contribution in [0.2, 0.25) is 0 Å². The van der Waals surface area contributed by atoms with Gasteiger partial charge in [0, 0.05) is 5.56 Å². The lowest BCUT2D eigenvalue weighted by Crippen LogP contribution is -1.85. The zero-order valence-corrected chi connectivity index (χ0v) is 8.94. The highest BCUT2D eigenvalue weighted by Crippen LogP contribution is 2.08. The van der Waals surface area contributed by atoms with Crippen molar-refractivity contribution in [3.05, 3.63) is 71.0 Å². The monoisotopic (exact) mass is 221 g/mol. The highest BCUT2D eigenvalue weighted by Gasteiger charge is 1.99. The summed E-state index contributed by atoms with van der Waals surface area (Å²) in [6.07, 6.45) is 0. The van der Waals surface area contributed by atoms with Gasteiger partial charge in [-0.05, 0) is 30.3 Å². The van der Waals surface area contributed by atoms with Gasteiger partial charge in [0.1, 0.15) is 5.82 Å². The van der Waals surface area contributed by atoms with Gasteiger partial charge in [0.15, 0.2) is 0 Å². The molecule has 0 bridgehead atoms. The Morgan fingerprint density at radius 3 is 2.29 bits per heavy atom. The second kappa shape index (κ2) is 4.96. The number of nitrogens with zero attached hydrogens (tertiary/aromatic N) is 1. The molecule has 0 unspecified atom stereocenters. The molecule has 17 heavy (non-hydrogen) atoms. The fourth-order valence-electron chi connectivity index (χ4n) is 1.35. The molecule has 0 saturated heterocycles. The van der Waals surface area contributed by atoms with Crippen LogP contribution in [0, 0.1) is 29.0 Å². The minimum atomic E-state index is -0.465. The Bertz CT molecular complexity index is 627. The smallest absolute Gasteiger partial charge is 0.140 e. The van der Waals surface area contributed by atoms with Crippen molar-refractivity contribution in [2.24, 2.45) is 0 Å². The number of hydrogen-bond acceptors (Lipinski definition) is 1. The minimum Gasteiger partial charge on any atom is -0.206 e. The van der Waals surface area contributed by atoms with Crippen molar-refractivity contribution in [2.75, 3.05) is 0 Å². The normalized spacial score (nSPS) is 8.94. The van der Waals surface area contributed by atoms with Gasteiger partial charge in [0.25, 0.3) is 0 Å². The average molecular weight is 221 g/mol. The van der Waals surface area contributed by atoms with Gasteiger partial charge in [-0.2, -0.15) is 5.26 Å². The van der Waals surface area contributed by atoms with Gasteiger partial charge >= 0.3 is 0 Å². The molecule has 0 aromatic heterocycles. The first-order chi connectivity index (χ1) is 8.29. The first kappa shape index (κ1) is 10.9. The van der Waals surface area contributed by atoms with Crippen LogP contribution in [0.25, 0.3) is 0 Å². The van der Waals surface area contributed by atoms with Crippen molar-refractivity contribution in [3.8, 4) is 17.9 Å². The Morgan fingerprint density at radius 2 is 1.65 bits per heavy atom. The van der Waals surface area contributed by atoms with E-state index < -0.39 is 5.82 Å². The fraction of sp³-hybridized carbons (Fsp3) is 0. The molecule has 0 amide bonds. The van der Waals surface area contributed by atoms with Gasteiger partial charge < -0.3 is 0 Å². The van der Waals surface area contributed by atoms with E-state index in [4.69, 9.17) is 5.26 Å². The Hall–Kier alpha value is -2.58. The van der Waals surface area contributed by atoms with Crippen LogP contribution in [0.5, 0.6) is 0 Å². The van der Waals surface area contributed by atoms with E-state index in [2.05, 4.69) is 11.8 Å². The van der Waals surface area contributed by atoms with Crippen LogP contribution >= 0.6 is 0 Å². The third-order valence-electron chi connectivity index (χ3n) is 2.21. The largest absolute Gasteiger partial charge is 0.206 e. The molecule has 0 aliphatic rings. The van der Waals surface area contributed by atoms with Crippen molar-refractivity contribution in [1.82, 2.24) is 0 Å². The number of rotatable bonds is 0. The Labute approximate surface area is 99.1 Å². The summed E-state index contributed by atoms with van der Waals surface area (Å²) in [6, 6.07) is 15.5. The highest BCUT2D eigenvalue weighted by molar-refractivity contribution is 5.45. The molecule has 0 atom stereocenters. The fourth-order valence-corrected chi connectivity index (χ4v) is 1.35. The molecule has 0 N–H and O–H groups in total. The van der Waals surface area contributed by atoms with Crippen LogP contribution in [0.4, 0.5) is 4.39 Å². The molecule has 0 saturated carbocycles. The van der Waals surface area contributed by atoms with Crippen LogP contribution in [-0.4, -0.2) is 0 Å². The van der Waals surface area contributed by atoms with Gasteiger partial charge in [-0.3, -0.25) is 0 Å². The van der Waals surface area contributed by atoms with Crippen LogP contribution in [0.3, 0.4) is 0 Å². The van der Waals surface area contributed by atoms with Crippen molar-refractivity contribution in [3.63, 3.8) is 0 Å². The Morgan fingerprint density at radius 1 is 0.882 bits per heavy atom. The first-order valence-corrected chi connectivity index (χ1v) is 5.06. The van der Waals surface area contributed by atoms with Crippen molar-refractivity contribution in [2.45, 2.75) is 0 Å². The summed E-state index contributed by atoms with van der Waals surface area (Å²) in [7, 11) is 0. The Balaban J connectivity index is 2.32. The van der Waals surface area contributed by atoms with E-state index in [0.717, 1.165) is 5.56 Å². The van der Waals surface area contributed by atoms with Crippen molar-refractivity contribution in [1.29, 1.82) is 5.26 Å².